The fraction of sp³-hybridized carbons (Fsp3) is 0.186. The Morgan fingerprint density at radius 1 is 0.407 bits per heavy atom. The fourth-order valence-corrected chi connectivity index (χ4v) is 19.4. The number of nitrogens with two attached hydrogens (primary N) is 4. The molecule has 0 radical (unpaired) electrons. The van der Waals surface area contributed by atoms with Crippen LogP contribution in [0.1, 0.15) is 68.8 Å². The molecule has 2 saturated heterocycles. The summed E-state index contributed by atoms with van der Waals surface area (Å²) in [4.78, 5) is 87.3. The minimum absolute atomic E-state index is 0.0266. The van der Waals surface area contributed by atoms with Gasteiger partial charge in [0, 0.05) is 167 Å². The maximum absolute atomic E-state index is 12.5. The van der Waals surface area contributed by atoms with Gasteiger partial charge in [-0.15, -0.1) is 0 Å². The van der Waals surface area contributed by atoms with Gasteiger partial charge in [0.25, 0.3) is 0 Å². The molecule has 3 aliphatic rings. The van der Waals surface area contributed by atoms with E-state index >= 15 is 0 Å². The molecule has 1 aliphatic carbocycles. The van der Waals surface area contributed by atoms with Gasteiger partial charge in [0.2, 0.25) is 5.91 Å². The first kappa shape index (κ1) is 89.5. The summed E-state index contributed by atoms with van der Waals surface area (Å²) in [6.07, 6.45) is 21.2. The number of hydrogen-bond donors (Lipinski definition) is 6. The molecule has 140 heavy (non-hydrogen) atoms. The second kappa shape index (κ2) is 39.3. The molecule has 12 aromatic heterocycles. The average molecular weight is 1850 g/mol. The molecule has 0 unspecified atom stereocenters. The third kappa shape index (κ3) is 18.6. The summed E-state index contributed by atoms with van der Waals surface area (Å²) in [6.45, 7) is 6.15. The van der Waals surface area contributed by atoms with Crippen molar-refractivity contribution < 1.29 is 14.7 Å². The predicted octanol–water partition coefficient (Wildman–Crippen LogP) is 20.0. The Hall–Kier alpha value is -17.0. The number of aliphatic hydroxyl groups is 1. The van der Waals surface area contributed by atoms with Crippen LogP contribution in [-0.4, -0.2) is 169 Å². The number of para-hydroxylation sites is 1. The number of nitrogens with zero attached hydrogens (tertiary/aromatic N) is 19. The highest BCUT2D eigenvalue weighted by Crippen LogP contribution is 2.43. The number of fused-ring (bicyclic) bond motifs is 8. The Morgan fingerprint density at radius 2 is 0.779 bits per heavy atom. The van der Waals surface area contributed by atoms with E-state index in [0.29, 0.717) is 48.2 Å². The van der Waals surface area contributed by atoms with E-state index in [2.05, 4.69) is 226 Å². The summed E-state index contributed by atoms with van der Waals surface area (Å²) < 4.78 is 8.23. The molecule has 21 aromatic rings. The number of anilines is 4. The van der Waals surface area contributed by atoms with E-state index in [9.17, 15) is 14.7 Å². The number of rotatable bonds is 17. The average Bonchev–Trinajstić information content (AvgIpc) is 1.61. The number of aliphatic hydroxyl groups excluding tert-OH is 1. The Morgan fingerprint density at radius 3 is 1.19 bits per heavy atom. The molecular formula is C113H104N24O3. The summed E-state index contributed by atoms with van der Waals surface area (Å²) in [6, 6.07) is 92.6. The van der Waals surface area contributed by atoms with E-state index in [4.69, 9.17) is 57.8 Å². The van der Waals surface area contributed by atoms with Gasteiger partial charge in [-0.25, -0.2) is 64.6 Å². The van der Waals surface area contributed by atoms with Crippen molar-refractivity contribution in [1.82, 2.24) is 97.6 Å². The molecule has 1 saturated carbocycles. The van der Waals surface area contributed by atoms with Crippen LogP contribution in [-0.2, 0) is 17.6 Å². The smallest absolute Gasteiger partial charge is 0.317 e. The van der Waals surface area contributed by atoms with Crippen LogP contribution in [0.25, 0.3) is 167 Å². The zero-order chi connectivity index (χ0) is 95.4. The summed E-state index contributed by atoms with van der Waals surface area (Å²) in [5.74, 6) is 6.01. The van der Waals surface area contributed by atoms with Crippen molar-refractivity contribution >= 4 is 106 Å². The number of nitrogens with one attached hydrogen (secondary N) is 1. The molecule has 27 heteroatoms. The van der Waals surface area contributed by atoms with Crippen LogP contribution in [0.4, 0.5) is 28.1 Å². The van der Waals surface area contributed by atoms with Crippen molar-refractivity contribution in [3.05, 3.63) is 340 Å². The van der Waals surface area contributed by atoms with Crippen LogP contribution in [0, 0.1) is 11.8 Å². The zero-order valence-corrected chi connectivity index (χ0v) is 77.9. The van der Waals surface area contributed by atoms with E-state index in [0.717, 1.165) is 262 Å². The highest BCUT2D eigenvalue weighted by molar-refractivity contribution is 6.03. The van der Waals surface area contributed by atoms with Crippen molar-refractivity contribution in [1.29, 1.82) is 0 Å². The monoisotopic (exact) mass is 1840 g/mol. The number of amides is 3. The van der Waals surface area contributed by atoms with Gasteiger partial charge in [0.15, 0.2) is 5.65 Å². The molecule has 0 bridgehead atoms. The lowest BCUT2D eigenvalue weighted by Crippen LogP contribution is -2.44. The van der Waals surface area contributed by atoms with Gasteiger partial charge in [-0.3, -0.25) is 18.0 Å². The van der Waals surface area contributed by atoms with Gasteiger partial charge in [-0.1, -0.05) is 212 Å². The molecule has 694 valence electrons. The molecule has 0 atom stereocenters. The first-order valence-electron chi connectivity index (χ1n) is 47.5. The third-order valence-electron chi connectivity index (χ3n) is 26.8. The standard InChI is InChI=1S/C31H33N7O.C30H31N7O.C27H19N5.C25H21N5O/c1-36(2)20-28(39)37-15-12-21(13-16-37)18-27-35-29(30-31(32)33-14-17-38(27)30)24-9-8-23-10-11-25(34-26(23)19-24)22-6-4-3-5-7-22;1-2-32-30(38)36-15-12-20(13-16-36)18-26-35-27(28-29(31)33-14-17-37(26)28)23-9-8-22-10-11-24(34-25(22)19-23)21-6-4-3-5-7-21;28-26-25-22(16-32(27(25)30-17-29-26)21-9-5-2-6-10-21)20-12-11-19-13-14-23(31-24(19)15-20)18-7-3-1-4-8-18;26-24-23-22(29-25(18-12-19(31)13-18)30(23)11-10-27-24)17-7-6-16-8-9-20(28-21(16)14-17)15-4-2-1-3-5-15/h3-11,14,17,19,21H,12-13,15-16,18,20H2,1-2H3,(H2,32,33);3-11,14,17,19-20H,2,12-13,15-16,18H2,1H3,(H2,31,33)(H,32,38);1-17H,(H2,28,29,30);1-11,14,18-19,31H,12-13H2,(H2,26,27). The third-order valence-corrected chi connectivity index (χ3v) is 26.8. The van der Waals surface area contributed by atoms with E-state index < -0.39 is 0 Å². The summed E-state index contributed by atoms with van der Waals surface area (Å²) in [5.41, 5.74) is 48.7. The molecule has 24 rings (SSSR count). The topological polar surface area (TPSA) is 353 Å². The van der Waals surface area contributed by atoms with E-state index in [1.165, 1.54) is 6.33 Å². The number of likely N-dealkylation sites (N-methyl/N-ethyl adjacent to an activating group) is 1. The number of carbonyl (C=O) groups excluding carboxylic acids is 2. The number of piperidine rings is 2. The number of likely N-dealkylation sites (tertiary alicyclic amines) is 2. The Kier molecular flexibility index (Phi) is 25.2. The molecule has 9 aromatic carbocycles. The highest BCUT2D eigenvalue weighted by atomic mass is 16.3. The van der Waals surface area contributed by atoms with Gasteiger partial charge >= 0.3 is 6.03 Å². The second-order valence-electron chi connectivity index (χ2n) is 36.3. The molecule has 14 heterocycles. The number of imidazole rings is 3. The van der Waals surface area contributed by atoms with Crippen LogP contribution < -0.4 is 28.3 Å². The van der Waals surface area contributed by atoms with Crippen LogP contribution in [0.15, 0.2) is 323 Å². The van der Waals surface area contributed by atoms with Gasteiger partial charge in [0.1, 0.15) is 80.7 Å². The van der Waals surface area contributed by atoms with Gasteiger partial charge in [-0.2, -0.15) is 0 Å². The van der Waals surface area contributed by atoms with Crippen molar-refractivity contribution in [2.75, 3.05) is 76.3 Å². The first-order valence-corrected chi connectivity index (χ1v) is 47.5. The SMILES string of the molecule is CCNC(=O)N1CCC(Cc2nc(-c3ccc4ccc(-c5ccccc5)nc4c3)c3c(N)nccn23)CC1.CN(C)CC(=O)N1CCC(Cc2nc(-c3ccc4ccc(-c5ccccc5)nc4c3)c3c(N)nccn23)CC1.Nc1nccn2c(C3CC(O)C3)nc(-c3ccc4ccc(-c5ccccc5)nc4c3)c12.Nc1ncnc2c1c(-c1ccc3ccc(-c4ccccc4)nc3c1)cn2-c1ccccc1. The number of urea groups is 1. The number of pyridine rings is 4. The minimum Gasteiger partial charge on any atom is -0.393 e. The van der Waals surface area contributed by atoms with Crippen molar-refractivity contribution in [2.45, 2.75) is 70.3 Å². The lowest BCUT2D eigenvalue weighted by atomic mass is 9.82. The summed E-state index contributed by atoms with van der Waals surface area (Å²) >= 11 is 0. The summed E-state index contributed by atoms with van der Waals surface area (Å²) in [7, 11) is 3.86. The maximum atomic E-state index is 12.5. The highest BCUT2D eigenvalue weighted by Gasteiger charge is 2.35. The number of nitrogen functional groups attached to an aromatic ring is 4. The van der Waals surface area contributed by atoms with E-state index in [1.807, 2.05) is 156 Å². The molecular weight excluding hydrogens is 1740 g/mol. The first-order chi connectivity index (χ1) is 68.5. The number of benzene rings is 9. The molecule has 2 aliphatic heterocycles. The molecule has 10 N–H and O–H groups in total. The van der Waals surface area contributed by atoms with Crippen molar-refractivity contribution in [3.8, 4) is 95.6 Å². The second-order valence-corrected chi connectivity index (χ2v) is 36.3. The van der Waals surface area contributed by atoms with Crippen molar-refractivity contribution in [3.63, 3.8) is 0 Å². The molecule has 27 nitrogen and oxygen atoms in total. The quantitative estimate of drug-likeness (QED) is 0.0493. The lowest BCUT2D eigenvalue weighted by Gasteiger charge is -2.32. The maximum Gasteiger partial charge on any atom is 0.317 e. The minimum atomic E-state index is -0.249. The Balaban J connectivity index is 0.000000111. The number of aromatic nitrogens is 16. The normalized spacial score (nSPS) is 14.6. The van der Waals surface area contributed by atoms with Crippen LogP contribution in [0.3, 0.4) is 0 Å². The predicted molar refractivity (Wildman–Crippen MR) is 557 cm³/mol. The van der Waals surface area contributed by atoms with Gasteiger partial charge in [0.05, 0.1) is 62.9 Å². The Bertz CT molecular complexity index is 8140. The molecule has 3 amide bonds. The van der Waals surface area contributed by atoms with Crippen LogP contribution in [0.2, 0.25) is 0 Å². The summed E-state index contributed by atoms with van der Waals surface area (Å²) in [5, 5.41) is 17.8. The zero-order valence-electron chi connectivity index (χ0n) is 77.9. The van der Waals surface area contributed by atoms with Crippen LogP contribution in [0.5, 0.6) is 0 Å². The van der Waals surface area contributed by atoms with Crippen molar-refractivity contribution in [2.24, 2.45) is 11.8 Å². The van der Waals surface area contributed by atoms with Gasteiger partial charge in [-0.05, 0) is 138 Å². The Labute approximate surface area is 808 Å². The largest absolute Gasteiger partial charge is 0.393 e. The van der Waals surface area contributed by atoms with E-state index in [-0.39, 0.29) is 24.0 Å². The molecule has 0 spiro atoms. The fourth-order valence-electron chi connectivity index (χ4n) is 19.4. The number of carbonyl (C=O) groups is 2. The molecule has 3 fully saturated rings. The van der Waals surface area contributed by atoms with Gasteiger partial charge < -0.3 is 52.6 Å². The number of hydrogen-bond acceptors (Lipinski definition) is 20. The van der Waals surface area contributed by atoms with Crippen LogP contribution >= 0.6 is 0 Å². The lowest BCUT2D eigenvalue weighted by molar-refractivity contribution is -0.133. The van der Waals surface area contributed by atoms with E-state index in [1.54, 1.807) is 18.6 Å².